The van der Waals surface area contributed by atoms with E-state index < -0.39 is 0 Å². The molecule has 3 aromatic carbocycles. The smallest absolute Gasteiger partial charge is 0.158 e. The maximum atomic E-state index is 9.68. The van der Waals surface area contributed by atoms with Gasteiger partial charge in [-0.25, -0.2) is 0 Å². The van der Waals surface area contributed by atoms with E-state index in [1.54, 1.807) is 12.1 Å². The average molecular weight is 328 g/mol. The van der Waals surface area contributed by atoms with E-state index in [-0.39, 0.29) is 11.5 Å². The van der Waals surface area contributed by atoms with Crippen molar-refractivity contribution in [2.24, 2.45) is 0 Å². The third-order valence-electron chi connectivity index (χ3n) is 4.13. The average Bonchev–Trinajstić information content (AvgIpc) is 3.05. The first kappa shape index (κ1) is 15.0. The van der Waals surface area contributed by atoms with Crippen molar-refractivity contribution in [1.29, 1.82) is 0 Å². The second kappa shape index (κ2) is 6.17. The number of rotatable bonds is 3. The first-order chi connectivity index (χ1) is 12.2. The highest BCUT2D eigenvalue weighted by atomic mass is 16.3. The number of aromatic nitrogens is 2. The lowest BCUT2D eigenvalue weighted by molar-refractivity contribution is 0.404. The number of phenols is 2. The normalized spacial score (nSPS) is 11.4. The molecule has 0 saturated carbocycles. The lowest BCUT2D eigenvalue weighted by Crippen LogP contribution is -1.79. The van der Waals surface area contributed by atoms with Gasteiger partial charge in [-0.3, -0.25) is 5.10 Å². The molecule has 0 bridgehead atoms. The molecule has 4 rings (SSSR count). The van der Waals surface area contributed by atoms with E-state index in [0.717, 1.165) is 33.3 Å². The molecule has 0 saturated heterocycles. The molecule has 0 unspecified atom stereocenters. The van der Waals surface area contributed by atoms with Gasteiger partial charge < -0.3 is 10.2 Å². The molecule has 4 aromatic rings. The predicted octanol–water partition coefficient (Wildman–Crippen LogP) is 4.81. The summed E-state index contributed by atoms with van der Waals surface area (Å²) in [4.78, 5) is 0. The molecule has 0 amide bonds. The van der Waals surface area contributed by atoms with Crippen molar-refractivity contribution in [3.05, 3.63) is 78.0 Å². The molecule has 122 valence electrons. The monoisotopic (exact) mass is 328 g/mol. The van der Waals surface area contributed by atoms with Crippen LogP contribution in [0.5, 0.6) is 11.5 Å². The largest absolute Gasteiger partial charge is 0.504 e. The zero-order chi connectivity index (χ0) is 17.2. The van der Waals surface area contributed by atoms with Crippen LogP contribution in [-0.2, 0) is 0 Å². The van der Waals surface area contributed by atoms with Gasteiger partial charge >= 0.3 is 0 Å². The molecule has 0 fully saturated rings. The minimum Gasteiger partial charge on any atom is -0.504 e. The number of fused-ring (bicyclic) bond motifs is 1. The molecule has 4 nitrogen and oxygen atoms in total. The Hall–Kier alpha value is -3.53. The van der Waals surface area contributed by atoms with Crippen LogP contribution in [0.25, 0.3) is 34.2 Å². The van der Waals surface area contributed by atoms with Crippen molar-refractivity contribution in [3.63, 3.8) is 0 Å². The molecule has 0 spiro atoms. The Morgan fingerprint density at radius 2 is 1.52 bits per heavy atom. The summed E-state index contributed by atoms with van der Waals surface area (Å²) in [5.41, 5.74) is 4.67. The molecule has 0 aliphatic rings. The molecular weight excluding hydrogens is 312 g/mol. The van der Waals surface area contributed by atoms with E-state index in [0.29, 0.717) is 0 Å². The summed E-state index contributed by atoms with van der Waals surface area (Å²) >= 11 is 0. The summed E-state index contributed by atoms with van der Waals surface area (Å²) in [6.07, 6.45) is 4.02. The van der Waals surface area contributed by atoms with Crippen molar-refractivity contribution in [1.82, 2.24) is 10.2 Å². The number of aromatic hydroxyl groups is 2. The summed E-state index contributed by atoms with van der Waals surface area (Å²) in [6.45, 7) is 0. The van der Waals surface area contributed by atoms with Crippen molar-refractivity contribution in [2.45, 2.75) is 0 Å². The van der Waals surface area contributed by atoms with Crippen molar-refractivity contribution >= 4 is 23.1 Å². The highest BCUT2D eigenvalue weighted by molar-refractivity contribution is 5.92. The van der Waals surface area contributed by atoms with Gasteiger partial charge in [-0.1, -0.05) is 48.5 Å². The third-order valence-corrected chi connectivity index (χ3v) is 4.13. The highest BCUT2D eigenvalue weighted by Crippen LogP contribution is 2.32. The van der Waals surface area contributed by atoms with Crippen molar-refractivity contribution in [3.8, 4) is 22.6 Å². The Morgan fingerprint density at radius 1 is 0.760 bits per heavy atom. The fourth-order valence-electron chi connectivity index (χ4n) is 2.79. The van der Waals surface area contributed by atoms with Gasteiger partial charge in [-0.15, -0.1) is 0 Å². The van der Waals surface area contributed by atoms with Crippen LogP contribution in [0.3, 0.4) is 0 Å². The Balaban J connectivity index is 1.69. The number of benzene rings is 3. The van der Waals surface area contributed by atoms with E-state index in [2.05, 4.69) is 10.2 Å². The first-order valence-electron chi connectivity index (χ1n) is 7.94. The van der Waals surface area contributed by atoms with Crippen molar-refractivity contribution < 1.29 is 10.2 Å². The van der Waals surface area contributed by atoms with E-state index in [1.165, 1.54) is 6.07 Å². The Bertz CT molecular complexity index is 1070. The van der Waals surface area contributed by atoms with Crippen LogP contribution in [0.2, 0.25) is 0 Å². The molecular formula is C21H16N2O2. The van der Waals surface area contributed by atoms with Gasteiger partial charge in [-0.05, 0) is 47.0 Å². The van der Waals surface area contributed by atoms with Crippen LogP contribution < -0.4 is 0 Å². The van der Waals surface area contributed by atoms with Gasteiger partial charge in [0.2, 0.25) is 0 Å². The Morgan fingerprint density at radius 3 is 2.32 bits per heavy atom. The van der Waals surface area contributed by atoms with E-state index in [4.69, 9.17) is 0 Å². The van der Waals surface area contributed by atoms with Crippen LogP contribution in [-0.4, -0.2) is 20.4 Å². The van der Waals surface area contributed by atoms with Crippen LogP contribution in [0.15, 0.2) is 66.7 Å². The summed E-state index contributed by atoms with van der Waals surface area (Å²) < 4.78 is 0. The number of H-pyrrole nitrogens is 1. The fourth-order valence-corrected chi connectivity index (χ4v) is 2.79. The molecule has 25 heavy (non-hydrogen) atoms. The molecule has 4 heteroatoms. The lowest BCUT2D eigenvalue weighted by atomic mass is 10.0. The maximum absolute atomic E-state index is 9.68. The molecule has 1 heterocycles. The summed E-state index contributed by atoms with van der Waals surface area (Å²) in [7, 11) is 0. The number of aromatic amines is 1. The Kier molecular flexibility index (Phi) is 3.71. The zero-order valence-electron chi connectivity index (χ0n) is 13.3. The number of phenolic OH excluding ortho intramolecular Hbond substituents is 2. The second-order valence-corrected chi connectivity index (χ2v) is 5.82. The number of hydrogen-bond acceptors (Lipinski definition) is 3. The second-order valence-electron chi connectivity index (χ2n) is 5.82. The minimum atomic E-state index is -0.131. The standard InChI is InChI=1S/C21H16N2O2/c24-20-11-8-16(13-21(20)25)15-7-9-17-18(22-23-19(17)12-15)10-6-14-4-2-1-3-5-14/h1-13,24-25H,(H,22,23)/b10-6+. The van der Waals surface area contributed by atoms with Gasteiger partial charge in [-0.2, -0.15) is 5.10 Å². The van der Waals surface area contributed by atoms with Gasteiger partial charge in [0, 0.05) is 5.39 Å². The third kappa shape index (κ3) is 2.97. The quantitative estimate of drug-likeness (QED) is 0.473. The van der Waals surface area contributed by atoms with Crippen LogP contribution in [0.1, 0.15) is 11.3 Å². The topological polar surface area (TPSA) is 69.1 Å². The van der Waals surface area contributed by atoms with E-state index >= 15 is 0 Å². The fraction of sp³-hybridized carbons (Fsp3) is 0. The zero-order valence-corrected chi connectivity index (χ0v) is 13.3. The summed E-state index contributed by atoms with van der Waals surface area (Å²) in [5, 5.41) is 27.6. The molecule has 0 aliphatic heterocycles. The van der Waals surface area contributed by atoms with Crippen molar-refractivity contribution in [2.75, 3.05) is 0 Å². The Labute approximate surface area is 144 Å². The van der Waals surface area contributed by atoms with Gasteiger partial charge in [0.05, 0.1) is 11.2 Å². The highest BCUT2D eigenvalue weighted by Gasteiger charge is 2.07. The maximum Gasteiger partial charge on any atom is 0.158 e. The molecule has 3 N–H and O–H groups in total. The number of nitrogens with one attached hydrogen (secondary N) is 1. The molecule has 0 aliphatic carbocycles. The summed E-state index contributed by atoms with van der Waals surface area (Å²) in [6, 6.07) is 20.8. The van der Waals surface area contributed by atoms with Crippen LogP contribution in [0.4, 0.5) is 0 Å². The van der Waals surface area contributed by atoms with Gasteiger partial charge in [0.1, 0.15) is 0 Å². The van der Waals surface area contributed by atoms with Gasteiger partial charge in [0.25, 0.3) is 0 Å². The molecule has 0 radical (unpaired) electrons. The minimum absolute atomic E-state index is 0.125. The molecule has 0 atom stereocenters. The molecule has 1 aromatic heterocycles. The first-order valence-corrected chi connectivity index (χ1v) is 7.94. The van der Waals surface area contributed by atoms with Gasteiger partial charge in [0.15, 0.2) is 11.5 Å². The predicted molar refractivity (Wildman–Crippen MR) is 100 cm³/mol. The van der Waals surface area contributed by atoms with E-state index in [9.17, 15) is 10.2 Å². The van der Waals surface area contributed by atoms with E-state index in [1.807, 2.05) is 60.7 Å². The van der Waals surface area contributed by atoms with Crippen LogP contribution in [0, 0.1) is 0 Å². The SMILES string of the molecule is Oc1ccc(-c2ccc3c(/C=C/c4ccccc4)n[nH]c3c2)cc1O. The lowest BCUT2D eigenvalue weighted by Gasteiger charge is -2.04. The van der Waals surface area contributed by atoms with Crippen LogP contribution >= 0.6 is 0 Å². The summed E-state index contributed by atoms with van der Waals surface area (Å²) in [5.74, 6) is -0.256. The number of hydrogen-bond donors (Lipinski definition) is 3. The number of nitrogens with zero attached hydrogens (tertiary/aromatic N) is 1.